The molecule has 4 nitrogen and oxygen atoms in total. The maximum absolute atomic E-state index is 12.2. The molecule has 0 bridgehead atoms. The van der Waals surface area contributed by atoms with Crippen LogP contribution in [0, 0.1) is 12.8 Å². The predicted molar refractivity (Wildman–Crippen MR) is 95.2 cm³/mol. The quantitative estimate of drug-likeness (QED) is 0.875. The van der Waals surface area contributed by atoms with Gasteiger partial charge in [0, 0.05) is 36.8 Å². The summed E-state index contributed by atoms with van der Waals surface area (Å²) in [7, 11) is 0. The van der Waals surface area contributed by atoms with Gasteiger partial charge in [0.25, 0.3) is 0 Å². The third-order valence-corrected chi connectivity index (χ3v) is 5.16. The zero-order valence-electron chi connectivity index (χ0n) is 13.8. The van der Waals surface area contributed by atoms with Crippen molar-refractivity contribution in [2.75, 3.05) is 29.9 Å². The highest BCUT2D eigenvalue weighted by Crippen LogP contribution is 2.22. The van der Waals surface area contributed by atoms with Crippen molar-refractivity contribution in [2.24, 2.45) is 11.7 Å². The molecule has 0 aliphatic carbocycles. The van der Waals surface area contributed by atoms with Crippen LogP contribution in [0.4, 0.5) is 5.69 Å². The first-order valence-electron chi connectivity index (χ1n) is 7.94. The number of nitrogens with one attached hydrogen (secondary N) is 1. The van der Waals surface area contributed by atoms with Crippen molar-refractivity contribution < 1.29 is 4.79 Å². The summed E-state index contributed by atoms with van der Waals surface area (Å²) < 4.78 is 0. The lowest BCUT2D eigenvalue weighted by Crippen LogP contribution is -2.40. The third kappa shape index (κ3) is 4.48. The van der Waals surface area contributed by atoms with Gasteiger partial charge in [0.05, 0.1) is 6.04 Å². The molecule has 22 heavy (non-hydrogen) atoms. The maximum Gasteiger partial charge on any atom is 0.241 e. The molecule has 1 aliphatic heterocycles. The number of hydrogen-bond acceptors (Lipinski definition) is 4. The fraction of sp³-hybridized carbons (Fsp3) is 0.588. The van der Waals surface area contributed by atoms with Crippen LogP contribution in [0.25, 0.3) is 0 Å². The topological polar surface area (TPSA) is 58.4 Å². The summed E-state index contributed by atoms with van der Waals surface area (Å²) in [6, 6.07) is 5.64. The average Bonchev–Trinajstić information content (AvgIpc) is 2.51. The zero-order valence-corrected chi connectivity index (χ0v) is 14.6. The number of nitrogens with zero attached hydrogens (tertiary/aromatic N) is 1. The molecule has 0 aromatic heterocycles. The van der Waals surface area contributed by atoms with Gasteiger partial charge >= 0.3 is 0 Å². The monoisotopic (exact) mass is 321 g/mol. The van der Waals surface area contributed by atoms with Gasteiger partial charge in [0.1, 0.15) is 0 Å². The Kier molecular flexibility index (Phi) is 6.29. The standard InChI is InChI=1S/C17H27N3OS/c1-12(2)16(18)17(21)19-15-6-4-5-14(13(15)3)11-20-7-9-22-10-8-20/h4-6,12,16H,7-11,18H2,1-3H3,(H,19,21)/t16-/m0/s1. The molecule has 0 saturated carbocycles. The van der Waals surface area contributed by atoms with Gasteiger partial charge in [-0.15, -0.1) is 0 Å². The van der Waals surface area contributed by atoms with E-state index in [2.05, 4.69) is 23.2 Å². The van der Waals surface area contributed by atoms with E-state index in [9.17, 15) is 4.79 Å². The van der Waals surface area contributed by atoms with Crippen molar-refractivity contribution in [3.8, 4) is 0 Å². The molecule has 2 rings (SSSR count). The van der Waals surface area contributed by atoms with Gasteiger partial charge in [0.2, 0.25) is 5.91 Å². The highest BCUT2D eigenvalue weighted by atomic mass is 32.2. The fourth-order valence-electron chi connectivity index (χ4n) is 2.51. The largest absolute Gasteiger partial charge is 0.324 e. The van der Waals surface area contributed by atoms with E-state index in [1.165, 1.54) is 17.1 Å². The Morgan fingerprint density at radius 3 is 2.68 bits per heavy atom. The van der Waals surface area contributed by atoms with Gasteiger partial charge in [-0.25, -0.2) is 0 Å². The number of amides is 1. The van der Waals surface area contributed by atoms with E-state index >= 15 is 0 Å². The van der Waals surface area contributed by atoms with Crippen LogP contribution in [0.5, 0.6) is 0 Å². The smallest absolute Gasteiger partial charge is 0.241 e. The highest BCUT2D eigenvalue weighted by Gasteiger charge is 2.19. The first-order valence-corrected chi connectivity index (χ1v) is 9.09. The van der Waals surface area contributed by atoms with Crippen molar-refractivity contribution in [2.45, 2.75) is 33.4 Å². The van der Waals surface area contributed by atoms with Crippen LogP contribution in [0.1, 0.15) is 25.0 Å². The van der Waals surface area contributed by atoms with Crippen LogP contribution < -0.4 is 11.1 Å². The van der Waals surface area contributed by atoms with Gasteiger partial charge in [0.15, 0.2) is 0 Å². The van der Waals surface area contributed by atoms with Gasteiger partial charge < -0.3 is 11.1 Å². The molecule has 1 atom stereocenters. The first kappa shape index (κ1) is 17.3. The van der Waals surface area contributed by atoms with E-state index < -0.39 is 6.04 Å². The fourth-order valence-corrected chi connectivity index (χ4v) is 3.49. The summed E-state index contributed by atoms with van der Waals surface area (Å²) in [6.45, 7) is 9.22. The SMILES string of the molecule is Cc1c(CN2CCSCC2)cccc1NC(=O)[C@@H](N)C(C)C. The second-order valence-corrected chi connectivity index (χ2v) is 7.46. The van der Waals surface area contributed by atoms with Gasteiger partial charge in [-0.3, -0.25) is 9.69 Å². The van der Waals surface area contributed by atoms with Gasteiger partial charge in [-0.1, -0.05) is 26.0 Å². The van der Waals surface area contributed by atoms with Crippen LogP contribution in [0.15, 0.2) is 18.2 Å². The normalized spacial score (nSPS) is 17.5. The molecule has 0 spiro atoms. The molecule has 1 heterocycles. The Bertz CT molecular complexity index is 513. The van der Waals surface area contributed by atoms with Gasteiger partial charge in [-0.05, 0) is 30.0 Å². The number of carbonyl (C=O) groups is 1. The Balaban J connectivity index is 2.06. The molecule has 122 valence electrons. The van der Waals surface area contributed by atoms with E-state index in [0.717, 1.165) is 30.9 Å². The number of carbonyl (C=O) groups excluding carboxylic acids is 1. The molecule has 3 N–H and O–H groups in total. The Hall–Kier alpha value is -1.04. The Morgan fingerprint density at radius 2 is 2.05 bits per heavy atom. The second-order valence-electron chi connectivity index (χ2n) is 6.24. The lowest BCUT2D eigenvalue weighted by Gasteiger charge is -2.27. The number of hydrogen-bond donors (Lipinski definition) is 2. The predicted octanol–water partition coefficient (Wildman–Crippen LogP) is 2.47. The lowest BCUT2D eigenvalue weighted by molar-refractivity contribution is -0.118. The van der Waals surface area contributed by atoms with Crippen molar-refractivity contribution in [3.05, 3.63) is 29.3 Å². The van der Waals surface area contributed by atoms with Crippen LogP contribution >= 0.6 is 11.8 Å². The molecule has 1 aromatic carbocycles. The molecule has 1 aliphatic rings. The molecular formula is C17H27N3OS. The van der Waals surface area contributed by atoms with Crippen molar-refractivity contribution in [3.63, 3.8) is 0 Å². The lowest BCUT2D eigenvalue weighted by atomic mass is 10.0. The summed E-state index contributed by atoms with van der Waals surface area (Å²) >= 11 is 2.02. The average molecular weight is 321 g/mol. The third-order valence-electron chi connectivity index (χ3n) is 4.22. The van der Waals surface area contributed by atoms with Crippen molar-refractivity contribution in [1.29, 1.82) is 0 Å². The Morgan fingerprint density at radius 1 is 1.36 bits per heavy atom. The summed E-state index contributed by atoms with van der Waals surface area (Å²) in [5.41, 5.74) is 9.23. The van der Waals surface area contributed by atoms with Crippen LogP contribution in [0.3, 0.4) is 0 Å². The Labute approximate surface area is 137 Å². The van der Waals surface area contributed by atoms with E-state index in [1.54, 1.807) is 0 Å². The van der Waals surface area contributed by atoms with Crippen LogP contribution in [0.2, 0.25) is 0 Å². The van der Waals surface area contributed by atoms with Crippen molar-refractivity contribution >= 4 is 23.4 Å². The summed E-state index contributed by atoms with van der Waals surface area (Å²) in [4.78, 5) is 14.6. The van der Waals surface area contributed by atoms with Crippen molar-refractivity contribution in [1.82, 2.24) is 4.90 Å². The number of anilines is 1. The van der Waals surface area contributed by atoms with Crippen LogP contribution in [-0.4, -0.2) is 41.4 Å². The van der Waals surface area contributed by atoms with Crippen LogP contribution in [-0.2, 0) is 11.3 Å². The van der Waals surface area contributed by atoms with E-state index in [1.807, 2.05) is 37.7 Å². The molecule has 1 fully saturated rings. The molecule has 0 radical (unpaired) electrons. The van der Waals surface area contributed by atoms with E-state index in [-0.39, 0.29) is 11.8 Å². The first-order chi connectivity index (χ1) is 10.5. The minimum absolute atomic E-state index is 0.107. The molecular weight excluding hydrogens is 294 g/mol. The molecule has 5 heteroatoms. The summed E-state index contributed by atoms with van der Waals surface area (Å²) in [5, 5.41) is 2.98. The second kappa shape index (κ2) is 7.99. The molecule has 1 aromatic rings. The zero-order chi connectivity index (χ0) is 16.1. The summed E-state index contributed by atoms with van der Waals surface area (Å²) in [5.74, 6) is 2.44. The number of thioether (sulfide) groups is 1. The molecule has 0 unspecified atom stereocenters. The molecule has 1 saturated heterocycles. The number of nitrogens with two attached hydrogens (primary N) is 1. The molecule has 1 amide bonds. The van der Waals surface area contributed by atoms with Gasteiger partial charge in [-0.2, -0.15) is 11.8 Å². The summed E-state index contributed by atoms with van der Waals surface area (Å²) in [6.07, 6.45) is 0. The minimum atomic E-state index is -0.470. The van der Waals surface area contributed by atoms with E-state index in [4.69, 9.17) is 5.73 Å². The van der Waals surface area contributed by atoms with E-state index in [0.29, 0.717) is 0 Å². The number of rotatable bonds is 5. The highest BCUT2D eigenvalue weighted by molar-refractivity contribution is 7.99. The number of benzene rings is 1. The maximum atomic E-state index is 12.2. The minimum Gasteiger partial charge on any atom is -0.324 e.